The van der Waals surface area contributed by atoms with Crippen molar-refractivity contribution in [3.8, 4) is 0 Å². The Hall–Kier alpha value is -0.340. The standard InChI is InChI=1S/C15H31N.CHF3O3S/c1-2-3-4-5-6-7-8-10-13-16-14-11-9-12-15-16;2-1(3,4)8(5,6)7/h2-15H2,1H3;(H,5,6,7). The van der Waals surface area contributed by atoms with Gasteiger partial charge in [-0.25, -0.2) is 8.42 Å². The molecule has 0 unspecified atom stereocenters. The van der Waals surface area contributed by atoms with Gasteiger partial charge in [0.1, 0.15) is 0 Å². The zero-order valence-corrected chi connectivity index (χ0v) is 15.5. The third-order valence-corrected chi connectivity index (χ3v) is 4.79. The van der Waals surface area contributed by atoms with Crippen molar-refractivity contribution in [3.05, 3.63) is 0 Å². The monoisotopic (exact) mass is 375 g/mol. The Bertz CT molecular complexity index is 394. The lowest BCUT2D eigenvalue weighted by atomic mass is 10.1. The predicted octanol–water partition coefficient (Wildman–Crippen LogP) is 3.25. The number of alkyl halides is 3. The molecule has 0 atom stereocenters. The van der Waals surface area contributed by atoms with E-state index in [1.54, 1.807) is 0 Å². The molecule has 1 saturated heterocycles. The largest absolute Gasteiger partial charge is 0.741 e. The van der Waals surface area contributed by atoms with Gasteiger partial charge in [-0.3, -0.25) is 0 Å². The molecule has 1 heterocycles. The van der Waals surface area contributed by atoms with Crippen LogP contribution in [0.25, 0.3) is 0 Å². The molecule has 1 N–H and O–H groups in total. The van der Waals surface area contributed by atoms with Crippen molar-refractivity contribution < 1.29 is 31.0 Å². The van der Waals surface area contributed by atoms with E-state index in [9.17, 15) is 13.2 Å². The Balaban J connectivity index is 0.000000561. The quantitative estimate of drug-likeness (QED) is 0.382. The molecule has 0 aromatic carbocycles. The summed E-state index contributed by atoms with van der Waals surface area (Å²) < 4.78 is 58.9. The van der Waals surface area contributed by atoms with E-state index in [1.807, 2.05) is 4.90 Å². The second-order valence-corrected chi connectivity index (χ2v) is 7.81. The van der Waals surface area contributed by atoms with Crippen LogP contribution in [0, 0.1) is 0 Å². The fraction of sp³-hybridized carbons (Fsp3) is 1.00. The molecule has 146 valence electrons. The molecule has 0 saturated carbocycles. The molecule has 1 rings (SSSR count). The van der Waals surface area contributed by atoms with E-state index in [4.69, 9.17) is 13.0 Å². The highest BCUT2D eigenvalue weighted by molar-refractivity contribution is 7.86. The maximum absolute atomic E-state index is 10.7. The van der Waals surface area contributed by atoms with Crippen molar-refractivity contribution in [1.29, 1.82) is 0 Å². The number of unbranched alkanes of at least 4 members (excludes halogenated alkanes) is 7. The zero-order chi connectivity index (χ0) is 18.5. The second-order valence-electron chi connectivity index (χ2n) is 6.44. The summed E-state index contributed by atoms with van der Waals surface area (Å²) in [6.07, 6.45) is 16.1. The number of likely N-dealkylation sites (tertiary alicyclic amines) is 1. The Morgan fingerprint density at radius 2 is 1.29 bits per heavy atom. The first-order valence-electron chi connectivity index (χ1n) is 9.04. The Labute approximate surface area is 144 Å². The molecule has 0 amide bonds. The number of quaternary nitrogens is 1. The first-order chi connectivity index (χ1) is 11.2. The van der Waals surface area contributed by atoms with Gasteiger partial charge in [-0.15, -0.1) is 0 Å². The summed E-state index contributed by atoms with van der Waals surface area (Å²) in [6.45, 7) is 6.66. The molecule has 1 aliphatic rings. The first kappa shape index (κ1) is 23.7. The van der Waals surface area contributed by atoms with Crippen LogP contribution >= 0.6 is 0 Å². The van der Waals surface area contributed by atoms with Crippen LogP contribution in [-0.2, 0) is 10.1 Å². The molecule has 4 nitrogen and oxygen atoms in total. The third-order valence-electron chi connectivity index (χ3n) is 4.23. The van der Waals surface area contributed by atoms with Gasteiger partial charge in [0.05, 0.1) is 19.6 Å². The van der Waals surface area contributed by atoms with Gasteiger partial charge in [-0.2, -0.15) is 13.2 Å². The number of piperidine rings is 1. The van der Waals surface area contributed by atoms with E-state index in [2.05, 4.69) is 6.92 Å². The van der Waals surface area contributed by atoms with Crippen LogP contribution < -0.4 is 4.90 Å². The molecular formula is C16H32F3NO3S. The molecule has 0 aliphatic carbocycles. The topological polar surface area (TPSA) is 61.6 Å². The predicted molar refractivity (Wildman–Crippen MR) is 87.8 cm³/mol. The van der Waals surface area contributed by atoms with Gasteiger partial charge >= 0.3 is 5.51 Å². The van der Waals surface area contributed by atoms with Gasteiger partial charge in [0.15, 0.2) is 10.1 Å². The normalized spacial score (nSPS) is 16.5. The summed E-state index contributed by atoms with van der Waals surface area (Å²) in [6, 6.07) is 0. The zero-order valence-electron chi connectivity index (χ0n) is 14.7. The van der Waals surface area contributed by atoms with Crippen molar-refractivity contribution in [1.82, 2.24) is 0 Å². The lowest BCUT2D eigenvalue weighted by Gasteiger charge is -2.23. The highest BCUT2D eigenvalue weighted by Crippen LogP contribution is 2.20. The molecule has 1 aliphatic heterocycles. The number of halogens is 3. The molecule has 1 fully saturated rings. The van der Waals surface area contributed by atoms with E-state index in [0.29, 0.717) is 0 Å². The van der Waals surface area contributed by atoms with Crippen molar-refractivity contribution in [2.45, 2.75) is 83.1 Å². The Kier molecular flexibility index (Phi) is 12.8. The van der Waals surface area contributed by atoms with Crippen molar-refractivity contribution in [2.24, 2.45) is 0 Å². The summed E-state index contributed by atoms with van der Waals surface area (Å²) in [5.41, 5.74) is -5.65. The fourth-order valence-electron chi connectivity index (χ4n) is 2.81. The van der Waals surface area contributed by atoms with Gasteiger partial charge in [0, 0.05) is 0 Å². The smallest absolute Gasteiger partial charge is 0.485 e. The lowest BCUT2D eigenvalue weighted by molar-refractivity contribution is -0.905. The molecule has 0 aromatic heterocycles. The lowest BCUT2D eigenvalue weighted by Crippen LogP contribution is -3.12. The van der Waals surface area contributed by atoms with E-state index in [1.165, 1.54) is 90.3 Å². The first-order valence-corrected chi connectivity index (χ1v) is 10.4. The van der Waals surface area contributed by atoms with E-state index in [0.717, 1.165) is 0 Å². The minimum Gasteiger partial charge on any atom is -0.741 e. The summed E-state index contributed by atoms with van der Waals surface area (Å²) in [5.74, 6) is 0. The van der Waals surface area contributed by atoms with E-state index >= 15 is 0 Å². The molecule has 0 bridgehead atoms. The van der Waals surface area contributed by atoms with Crippen molar-refractivity contribution >= 4 is 10.1 Å². The highest BCUT2D eigenvalue weighted by Gasteiger charge is 2.36. The number of hydrogen-bond acceptors (Lipinski definition) is 3. The fourth-order valence-corrected chi connectivity index (χ4v) is 2.81. The van der Waals surface area contributed by atoms with Crippen molar-refractivity contribution in [3.63, 3.8) is 0 Å². The van der Waals surface area contributed by atoms with Gasteiger partial charge in [0.2, 0.25) is 0 Å². The SMILES string of the molecule is CCCCCCCCCC[NH+]1CCCCC1.O=S(=O)([O-])C(F)(F)F. The van der Waals surface area contributed by atoms with Gasteiger partial charge < -0.3 is 9.45 Å². The highest BCUT2D eigenvalue weighted by atomic mass is 32.2. The summed E-state index contributed by atoms with van der Waals surface area (Å²) >= 11 is 0. The van der Waals surface area contributed by atoms with Crippen LogP contribution in [0.5, 0.6) is 0 Å². The average molecular weight is 375 g/mol. The number of hydrogen-bond donors (Lipinski definition) is 1. The summed E-state index contributed by atoms with van der Waals surface area (Å²) in [5, 5.41) is 0. The minimum atomic E-state index is -6.09. The Morgan fingerprint density at radius 1 is 0.875 bits per heavy atom. The van der Waals surface area contributed by atoms with Gasteiger partial charge in [0.25, 0.3) is 0 Å². The van der Waals surface area contributed by atoms with Crippen LogP contribution in [0.15, 0.2) is 0 Å². The van der Waals surface area contributed by atoms with Crippen LogP contribution in [0.2, 0.25) is 0 Å². The van der Waals surface area contributed by atoms with Crippen molar-refractivity contribution in [2.75, 3.05) is 19.6 Å². The molecular weight excluding hydrogens is 343 g/mol. The minimum absolute atomic E-state index is 1.37. The van der Waals surface area contributed by atoms with Crippen LogP contribution in [0.4, 0.5) is 13.2 Å². The van der Waals surface area contributed by atoms with Gasteiger partial charge in [-0.05, 0) is 32.1 Å². The van der Waals surface area contributed by atoms with E-state index < -0.39 is 15.6 Å². The van der Waals surface area contributed by atoms with Gasteiger partial charge in [-0.1, -0.05) is 45.4 Å². The second kappa shape index (κ2) is 12.9. The van der Waals surface area contributed by atoms with Crippen LogP contribution in [-0.4, -0.2) is 38.1 Å². The number of rotatable bonds is 9. The number of nitrogens with one attached hydrogen (secondary N) is 1. The molecule has 0 spiro atoms. The molecule has 0 aromatic rings. The summed E-state index contributed by atoms with van der Waals surface area (Å²) in [4.78, 5) is 1.89. The third kappa shape index (κ3) is 13.0. The van der Waals surface area contributed by atoms with Crippen LogP contribution in [0.1, 0.15) is 77.6 Å². The Morgan fingerprint density at radius 3 is 1.71 bits per heavy atom. The van der Waals surface area contributed by atoms with E-state index in [-0.39, 0.29) is 0 Å². The summed E-state index contributed by atoms with van der Waals surface area (Å²) in [7, 11) is -6.09. The molecule has 8 heteroatoms. The maximum atomic E-state index is 10.7. The average Bonchev–Trinajstić information content (AvgIpc) is 2.50. The molecule has 0 radical (unpaired) electrons. The molecule has 24 heavy (non-hydrogen) atoms. The van der Waals surface area contributed by atoms with Crippen LogP contribution in [0.3, 0.4) is 0 Å². The maximum Gasteiger partial charge on any atom is 0.485 e.